The number of aliphatic hydroxyl groups is 1. The van der Waals surface area contributed by atoms with Crippen molar-refractivity contribution in [3.05, 3.63) is 71.0 Å². The Kier molecular flexibility index (Phi) is 9.44. The van der Waals surface area contributed by atoms with E-state index in [1.54, 1.807) is 20.0 Å². The zero-order chi connectivity index (χ0) is 17.4. The average Bonchev–Trinajstić information content (AvgIpc) is 2.62. The Hall–Kier alpha value is -1.67. The Morgan fingerprint density at radius 3 is 2.48 bits per heavy atom. The van der Waals surface area contributed by atoms with Crippen molar-refractivity contribution in [1.29, 1.82) is 0 Å². The second-order valence-corrected chi connectivity index (χ2v) is 5.68. The van der Waals surface area contributed by atoms with Gasteiger partial charge in [-0.1, -0.05) is 42.5 Å². The maximum atomic E-state index is 13.3. The number of aliphatic imine (C=N–C) groups is 1. The van der Waals surface area contributed by atoms with Crippen molar-refractivity contribution in [2.75, 3.05) is 20.2 Å². The van der Waals surface area contributed by atoms with Gasteiger partial charge >= 0.3 is 0 Å². The van der Waals surface area contributed by atoms with E-state index < -0.39 is 0 Å². The van der Waals surface area contributed by atoms with Gasteiger partial charge in [0.25, 0.3) is 0 Å². The first kappa shape index (κ1) is 21.4. The van der Waals surface area contributed by atoms with Gasteiger partial charge in [0.05, 0.1) is 6.61 Å². The van der Waals surface area contributed by atoms with E-state index in [1.165, 1.54) is 6.07 Å². The third-order valence-corrected chi connectivity index (χ3v) is 3.91. The molecule has 0 fully saturated rings. The normalized spacial score (nSPS) is 12.2. The molecule has 0 bridgehead atoms. The van der Waals surface area contributed by atoms with Crippen molar-refractivity contribution in [2.24, 2.45) is 4.99 Å². The minimum atomic E-state index is -0.199. The van der Waals surface area contributed by atoms with Gasteiger partial charge in [-0.25, -0.2) is 4.39 Å². The van der Waals surface area contributed by atoms with Crippen LogP contribution in [0.3, 0.4) is 0 Å². The van der Waals surface area contributed by atoms with Crippen molar-refractivity contribution < 1.29 is 9.50 Å². The summed E-state index contributed by atoms with van der Waals surface area (Å²) in [5.74, 6) is 0.444. The molecule has 0 saturated carbocycles. The predicted octanol–water partition coefficient (Wildman–Crippen LogP) is 3.19. The van der Waals surface area contributed by atoms with Crippen molar-refractivity contribution in [1.82, 2.24) is 10.6 Å². The van der Waals surface area contributed by atoms with Crippen molar-refractivity contribution in [3.8, 4) is 0 Å². The zero-order valence-corrected chi connectivity index (χ0v) is 16.8. The van der Waals surface area contributed by atoms with Crippen LogP contribution < -0.4 is 10.6 Å². The van der Waals surface area contributed by atoms with Crippen molar-refractivity contribution in [3.63, 3.8) is 0 Å². The number of hydrogen-bond acceptors (Lipinski definition) is 2. The van der Waals surface area contributed by atoms with E-state index in [2.05, 4.69) is 15.6 Å². The SMILES string of the molecule is CN=C(NCc1ccc(F)c(C)c1)NCC(CO)c1ccccc1.I. The Morgan fingerprint density at radius 2 is 1.88 bits per heavy atom. The highest BCUT2D eigenvalue weighted by molar-refractivity contribution is 14.0. The lowest BCUT2D eigenvalue weighted by atomic mass is 10.0. The van der Waals surface area contributed by atoms with Crippen LogP contribution in [0, 0.1) is 12.7 Å². The molecule has 0 spiro atoms. The average molecular weight is 457 g/mol. The first-order valence-electron chi connectivity index (χ1n) is 7.99. The fourth-order valence-corrected chi connectivity index (χ4v) is 2.46. The molecule has 4 nitrogen and oxygen atoms in total. The minimum Gasteiger partial charge on any atom is -0.396 e. The molecule has 1 unspecified atom stereocenters. The number of hydrogen-bond donors (Lipinski definition) is 3. The van der Waals surface area contributed by atoms with E-state index in [4.69, 9.17) is 0 Å². The predicted molar refractivity (Wildman–Crippen MR) is 111 cm³/mol. The molecule has 0 aliphatic heterocycles. The molecule has 1 atom stereocenters. The molecular formula is C19H25FIN3O. The Labute approximate surface area is 165 Å². The van der Waals surface area contributed by atoms with Crippen LogP contribution in [0.4, 0.5) is 4.39 Å². The summed E-state index contributed by atoms with van der Waals surface area (Å²) in [7, 11) is 1.70. The smallest absolute Gasteiger partial charge is 0.191 e. The number of nitrogens with one attached hydrogen (secondary N) is 2. The van der Waals surface area contributed by atoms with E-state index in [0.717, 1.165) is 11.1 Å². The molecule has 6 heteroatoms. The molecule has 0 amide bonds. The molecule has 2 aromatic rings. The molecule has 2 rings (SSSR count). The van der Waals surface area contributed by atoms with Crippen LogP contribution in [0.15, 0.2) is 53.5 Å². The van der Waals surface area contributed by atoms with Gasteiger partial charge in [-0.05, 0) is 29.7 Å². The summed E-state index contributed by atoms with van der Waals surface area (Å²) in [5, 5.41) is 16.0. The molecule has 25 heavy (non-hydrogen) atoms. The number of nitrogens with zero attached hydrogens (tertiary/aromatic N) is 1. The second kappa shape index (κ2) is 11.0. The summed E-state index contributed by atoms with van der Waals surface area (Å²) in [6.07, 6.45) is 0. The first-order chi connectivity index (χ1) is 11.6. The number of benzene rings is 2. The Morgan fingerprint density at radius 1 is 1.16 bits per heavy atom. The summed E-state index contributed by atoms with van der Waals surface area (Å²) in [5.41, 5.74) is 2.69. The monoisotopic (exact) mass is 457 g/mol. The van der Waals surface area contributed by atoms with E-state index in [-0.39, 0.29) is 42.3 Å². The highest BCUT2D eigenvalue weighted by atomic mass is 127. The molecule has 2 aromatic carbocycles. The van der Waals surface area contributed by atoms with E-state index in [1.807, 2.05) is 36.4 Å². The van der Waals surface area contributed by atoms with Crippen LogP contribution in [-0.4, -0.2) is 31.3 Å². The Balaban J connectivity index is 0.00000312. The lowest BCUT2D eigenvalue weighted by Gasteiger charge is -2.18. The van der Waals surface area contributed by atoms with Gasteiger partial charge in [-0.2, -0.15) is 0 Å². The summed E-state index contributed by atoms with van der Waals surface area (Å²) in [6.45, 7) is 2.93. The summed E-state index contributed by atoms with van der Waals surface area (Å²) >= 11 is 0. The maximum absolute atomic E-state index is 13.3. The fraction of sp³-hybridized carbons (Fsp3) is 0.316. The molecular weight excluding hydrogens is 432 g/mol. The molecule has 0 aromatic heterocycles. The van der Waals surface area contributed by atoms with Crippen LogP contribution >= 0.6 is 24.0 Å². The fourth-order valence-electron chi connectivity index (χ4n) is 2.46. The van der Waals surface area contributed by atoms with Crippen LogP contribution in [0.1, 0.15) is 22.6 Å². The molecule has 0 saturated heterocycles. The standard InChI is InChI=1S/C19H24FN3O.HI/c1-14-10-15(8-9-18(14)20)11-22-19(21-2)23-12-17(13-24)16-6-4-3-5-7-16;/h3-10,17,24H,11-13H2,1-2H3,(H2,21,22,23);1H. The number of halogens is 2. The quantitative estimate of drug-likeness (QED) is 0.355. The van der Waals surface area contributed by atoms with Crippen LogP contribution in [0.2, 0.25) is 0 Å². The van der Waals surface area contributed by atoms with Crippen LogP contribution in [0.25, 0.3) is 0 Å². The van der Waals surface area contributed by atoms with E-state index >= 15 is 0 Å². The summed E-state index contributed by atoms with van der Waals surface area (Å²) < 4.78 is 13.3. The molecule has 0 heterocycles. The molecule has 0 aliphatic rings. The van der Waals surface area contributed by atoms with Gasteiger partial charge in [0.15, 0.2) is 5.96 Å². The first-order valence-corrected chi connectivity index (χ1v) is 7.99. The highest BCUT2D eigenvalue weighted by Crippen LogP contribution is 2.13. The number of guanidine groups is 1. The van der Waals surface area contributed by atoms with Gasteiger partial charge in [0.2, 0.25) is 0 Å². The third kappa shape index (κ3) is 6.62. The third-order valence-electron chi connectivity index (χ3n) is 3.91. The van der Waals surface area contributed by atoms with Crippen LogP contribution in [0.5, 0.6) is 0 Å². The van der Waals surface area contributed by atoms with Gasteiger partial charge in [0, 0.05) is 26.1 Å². The second-order valence-electron chi connectivity index (χ2n) is 5.68. The molecule has 0 radical (unpaired) electrons. The number of rotatable bonds is 6. The van der Waals surface area contributed by atoms with Gasteiger partial charge in [-0.15, -0.1) is 24.0 Å². The van der Waals surface area contributed by atoms with E-state index in [9.17, 15) is 9.50 Å². The van der Waals surface area contributed by atoms with Crippen molar-refractivity contribution in [2.45, 2.75) is 19.4 Å². The topological polar surface area (TPSA) is 56.7 Å². The summed E-state index contributed by atoms with van der Waals surface area (Å²) in [4.78, 5) is 4.18. The summed E-state index contributed by atoms with van der Waals surface area (Å²) in [6, 6.07) is 14.9. The van der Waals surface area contributed by atoms with E-state index in [0.29, 0.717) is 24.6 Å². The van der Waals surface area contributed by atoms with Gasteiger partial charge in [-0.3, -0.25) is 4.99 Å². The van der Waals surface area contributed by atoms with Gasteiger partial charge < -0.3 is 15.7 Å². The largest absolute Gasteiger partial charge is 0.396 e. The molecule has 3 N–H and O–H groups in total. The number of aryl methyl sites for hydroxylation is 1. The molecule has 0 aliphatic carbocycles. The van der Waals surface area contributed by atoms with Crippen molar-refractivity contribution >= 4 is 29.9 Å². The maximum Gasteiger partial charge on any atom is 0.191 e. The molecule has 136 valence electrons. The lowest BCUT2D eigenvalue weighted by Crippen LogP contribution is -2.39. The minimum absolute atomic E-state index is 0. The van der Waals surface area contributed by atoms with Gasteiger partial charge in [0.1, 0.15) is 5.82 Å². The highest BCUT2D eigenvalue weighted by Gasteiger charge is 2.10. The van der Waals surface area contributed by atoms with Crippen LogP contribution in [-0.2, 0) is 6.54 Å². The zero-order valence-electron chi connectivity index (χ0n) is 14.5. The lowest BCUT2D eigenvalue weighted by molar-refractivity contribution is 0.265. The number of aliphatic hydroxyl groups excluding tert-OH is 1. The Bertz CT molecular complexity index is 680.